The second kappa shape index (κ2) is 9.17. The molecule has 2 atom stereocenters. The molecule has 3 aromatic rings. The Hall–Kier alpha value is -2.12. The number of nitrogens with zero attached hydrogens (tertiary/aromatic N) is 4. The number of ether oxygens (including phenoxy) is 2. The quantitative estimate of drug-likeness (QED) is 0.505. The van der Waals surface area contributed by atoms with Crippen molar-refractivity contribution < 1.29 is 9.47 Å². The van der Waals surface area contributed by atoms with Gasteiger partial charge in [0, 0.05) is 35.0 Å². The zero-order valence-corrected chi connectivity index (χ0v) is 19.6. The molecule has 0 saturated heterocycles. The van der Waals surface area contributed by atoms with E-state index >= 15 is 0 Å². The van der Waals surface area contributed by atoms with E-state index in [1.54, 1.807) is 13.2 Å². The van der Waals surface area contributed by atoms with E-state index in [4.69, 9.17) is 32.7 Å². The highest BCUT2D eigenvalue weighted by molar-refractivity contribution is 6.35. The van der Waals surface area contributed by atoms with Crippen molar-refractivity contribution in [2.75, 3.05) is 27.3 Å². The standard InChI is InChI=1S/C23H26Cl2N4O2/c1-14-26-27-15(2)29(14)17-5-7-18(8-6-17)31-23-20-11-16(24)12-21(25)19(20)13-22(23)28(3)9-10-30-4/h5-8,11-12,22-23H,9-10,13H2,1-4H3/t22-,23+/m0/s1. The molecule has 164 valence electrons. The number of fused-ring (bicyclic) bond motifs is 1. The first kappa shape index (κ1) is 22.1. The number of methoxy groups -OCH3 is 1. The second-order valence-corrected chi connectivity index (χ2v) is 8.71. The number of aromatic nitrogens is 3. The molecule has 0 N–H and O–H groups in total. The molecule has 0 bridgehead atoms. The van der Waals surface area contributed by atoms with Gasteiger partial charge in [-0.25, -0.2) is 0 Å². The van der Waals surface area contributed by atoms with Crippen LogP contribution in [0, 0.1) is 13.8 Å². The summed E-state index contributed by atoms with van der Waals surface area (Å²) in [6.45, 7) is 5.32. The molecular weight excluding hydrogens is 435 g/mol. The summed E-state index contributed by atoms with van der Waals surface area (Å²) in [6.07, 6.45) is 0.616. The minimum absolute atomic E-state index is 0.128. The molecule has 2 aromatic carbocycles. The van der Waals surface area contributed by atoms with Crippen molar-refractivity contribution in [3.63, 3.8) is 0 Å². The minimum Gasteiger partial charge on any atom is -0.484 e. The fourth-order valence-corrected chi connectivity index (χ4v) is 4.79. The minimum atomic E-state index is -0.183. The molecule has 1 aliphatic carbocycles. The van der Waals surface area contributed by atoms with Crippen molar-refractivity contribution in [1.82, 2.24) is 19.7 Å². The van der Waals surface area contributed by atoms with Gasteiger partial charge in [0.05, 0.1) is 12.6 Å². The third-order valence-corrected chi connectivity index (χ3v) is 6.38. The average molecular weight is 461 g/mol. The zero-order chi connectivity index (χ0) is 22.1. The van der Waals surface area contributed by atoms with E-state index in [-0.39, 0.29) is 12.1 Å². The Morgan fingerprint density at radius 3 is 2.42 bits per heavy atom. The SMILES string of the molecule is COCCN(C)[C@H]1Cc2c(Cl)cc(Cl)cc2[C@H]1Oc1ccc(-n2c(C)nnc2C)cc1. The molecule has 0 spiro atoms. The van der Waals surface area contributed by atoms with Gasteiger partial charge in [-0.2, -0.15) is 0 Å². The van der Waals surface area contributed by atoms with Crippen LogP contribution in [-0.4, -0.2) is 53.0 Å². The Morgan fingerprint density at radius 1 is 1.10 bits per heavy atom. The molecule has 0 unspecified atom stereocenters. The van der Waals surface area contributed by atoms with Crippen molar-refractivity contribution >= 4 is 23.2 Å². The van der Waals surface area contributed by atoms with Gasteiger partial charge < -0.3 is 9.47 Å². The van der Waals surface area contributed by atoms with E-state index in [1.807, 2.05) is 48.7 Å². The highest BCUT2D eigenvalue weighted by Gasteiger charge is 2.38. The molecule has 1 heterocycles. The molecule has 1 aromatic heterocycles. The Morgan fingerprint density at radius 2 is 1.77 bits per heavy atom. The third-order valence-electron chi connectivity index (χ3n) is 5.82. The summed E-state index contributed by atoms with van der Waals surface area (Å²) in [4.78, 5) is 2.26. The summed E-state index contributed by atoms with van der Waals surface area (Å²) in [5.41, 5.74) is 3.14. The smallest absolute Gasteiger partial charge is 0.140 e. The fourth-order valence-electron chi connectivity index (χ4n) is 4.21. The Bertz CT molecular complexity index is 1050. The molecule has 0 amide bonds. The fraction of sp³-hybridized carbons (Fsp3) is 0.391. The summed E-state index contributed by atoms with van der Waals surface area (Å²) < 4.78 is 13.8. The van der Waals surface area contributed by atoms with E-state index < -0.39 is 0 Å². The molecule has 6 nitrogen and oxygen atoms in total. The van der Waals surface area contributed by atoms with Crippen molar-refractivity contribution in [3.05, 3.63) is 69.2 Å². The van der Waals surface area contributed by atoms with E-state index in [0.717, 1.165) is 47.2 Å². The normalized spacial score (nSPS) is 17.9. The van der Waals surface area contributed by atoms with Crippen LogP contribution in [-0.2, 0) is 11.2 Å². The van der Waals surface area contributed by atoms with Gasteiger partial charge in [-0.3, -0.25) is 9.47 Å². The van der Waals surface area contributed by atoms with Gasteiger partial charge in [0.15, 0.2) is 0 Å². The summed E-state index contributed by atoms with van der Waals surface area (Å²) in [5.74, 6) is 2.48. The van der Waals surface area contributed by atoms with Gasteiger partial charge in [0.25, 0.3) is 0 Å². The van der Waals surface area contributed by atoms with Crippen molar-refractivity contribution in [1.29, 1.82) is 0 Å². The van der Waals surface area contributed by atoms with Crippen LogP contribution in [0.25, 0.3) is 5.69 Å². The molecular formula is C23H26Cl2N4O2. The van der Waals surface area contributed by atoms with E-state index in [0.29, 0.717) is 16.7 Å². The van der Waals surface area contributed by atoms with Crippen molar-refractivity contribution in [3.8, 4) is 11.4 Å². The summed E-state index contributed by atoms with van der Waals surface area (Å²) in [7, 11) is 3.80. The van der Waals surface area contributed by atoms with E-state index in [1.165, 1.54) is 0 Å². The first-order valence-corrected chi connectivity index (χ1v) is 11.0. The van der Waals surface area contributed by atoms with E-state index in [2.05, 4.69) is 22.1 Å². The largest absolute Gasteiger partial charge is 0.484 e. The summed E-state index contributed by atoms with van der Waals surface area (Å²) in [5, 5.41) is 9.57. The molecule has 0 radical (unpaired) electrons. The predicted octanol–water partition coefficient (Wildman–Crippen LogP) is 4.81. The lowest BCUT2D eigenvalue weighted by Crippen LogP contribution is -2.39. The van der Waals surface area contributed by atoms with Gasteiger partial charge in [0.1, 0.15) is 23.5 Å². The second-order valence-electron chi connectivity index (χ2n) is 7.86. The molecule has 1 aliphatic rings. The highest BCUT2D eigenvalue weighted by atomic mass is 35.5. The van der Waals surface area contributed by atoms with Gasteiger partial charge in [-0.05, 0) is 69.3 Å². The maximum Gasteiger partial charge on any atom is 0.140 e. The first-order valence-electron chi connectivity index (χ1n) is 10.2. The summed E-state index contributed by atoms with van der Waals surface area (Å²) >= 11 is 12.9. The van der Waals surface area contributed by atoms with Crippen LogP contribution in [0.3, 0.4) is 0 Å². The molecule has 0 fully saturated rings. The average Bonchev–Trinajstić information content (AvgIpc) is 3.27. The Kier molecular flexibility index (Phi) is 6.53. The summed E-state index contributed by atoms with van der Waals surface area (Å²) in [6, 6.07) is 11.9. The van der Waals surface area contributed by atoms with Crippen LogP contribution in [0.15, 0.2) is 36.4 Å². The highest BCUT2D eigenvalue weighted by Crippen LogP contribution is 2.42. The maximum atomic E-state index is 6.53. The number of benzene rings is 2. The lowest BCUT2D eigenvalue weighted by Gasteiger charge is -2.30. The lowest BCUT2D eigenvalue weighted by molar-refractivity contribution is 0.0734. The number of rotatable bonds is 7. The zero-order valence-electron chi connectivity index (χ0n) is 18.1. The van der Waals surface area contributed by atoms with Crippen LogP contribution in [0.5, 0.6) is 5.75 Å². The number of likely N-dealkylation sites (N-methyl/N-ethyl adjacent to an activating group) is 1. The molecule has 0 aliphatic heterocycles. The third kappa shape index (κ3) is 4.44. The maximum absolute atomic E-state index is 6.53. The van der Waals surface area contributed by atoms with E-state index in [9.17, 15) is 0 Å². The van der Waals surface area contributed by atoms with Gasteiger partial charge in [0.2, 0.25) is 0 Å². The van der Waals surface area contributed by atoms with Crippen LogP contribution >= 0.6 is 23.2 Å². The lowest BCUT2D eigenvalue weighted by atomic mass is 10.1. The number of hydrogen-bond acceptors (Lipinski definition) is 5. The van der Waals surface area contributed by atoms with Crippen LogP contribution in [0.4, 0.5) is 0 Å². The molecule has 4 rings (SSSR count). The first-order chi connectivity index (χ1) is 14.9. The molecule has 0 saturated carbocycles. The van der Waals surface area contributed by atoms with Gasteiger partial charge in [-0.15, -0.1) is 10.2 Å². The van der Waals surface area contributed by atoms with Crippen LogP contribution < -0.4 is 4.74 Å². The molecule has 8 heteroatoms. The van der Waals surface area contributed by atoms with Crippen molar-refractivity contribution in [2.24, 2.45) is 0 Å². The van der Waals surface area contributed by atoms with Crippen molar-refractivity contribution in [2.45, 2.75) is 32.4 Å². The Labute approximate surface area is 192 Å². The predicted molar refractivity (Wildman–Crippen MR) is 123 cm³/mol. The van der Waals surface area contributed by atoms with Gasteiger partial charge in [-0.1, -0.05) is 23.2 Å². The number of aryl methyl sites for hydroxylation is 2. The van der Waals surface area contributed by atoms with Crippen LogP contribution in [0.1, 0.15) is 28.9 Å². The number of hydrogen-bond donors (Lipinski definition) is 0. The molecule has 31 heavy (non-hydrogen) atoms. The topological polar surface area (TPSA) is 52.4 Å². The number of halogens is 2. The van der Waals surface area contributed by atoms with Crippen LogP contribution in [0.2, 0.25) is 10.0 Å². The Balaban J connectivity index is 1.63. The van der Waals surface area contributed by atoms with Gasteiger partial charge >= 0.3 is 0 Å². The monoisotopic (exact) mass is 460 g/mol.